The van der Waals surface area contributed by atoms with Crippen LogP contribution in [0.25, 0.3) is 0 Å². The van der Waals surface area contributed by atoms with Crippen molar-refractivity contribution in [3.8, 4) is 0 Å². The molecule has 0 radical (unpaired) electrons. The second-order valence-corrected chi connectivity index (χ2v) is 11.1. The van der Waals surface area contributed by atoms with Gasteiger partial charge in [-0.15, -0.1) is 0 Å². The topological polar surface area (TPSA) is 31.2 Å². The average molecular weight is 643 g/mol. The molecule has 1 heterocycles. The van der Waals surface area contributed by atoms with E-state index in [2.05, 4.69) is 4.99 Å². The lowest BCUT2D eigenvalue weighted by atomic mass is 10.0. The molecule has 0 unspecified atom stereocenters. The quantitative estimate of drug-likeness (QED) is 0.162. The van der Waals surface area contributed by atoms with E-state index in [0.29, 0.717) is 36.6 Å². The Balaban J connectivity index is 1.93. The summed E-state index contributed by atoms with van der Waals surface area (Å²) in [6.07, 6.45) is -14.8. The number of benzene rings is 3. The van der Waals surface area contributed by atoms with Crippen molar-refractivity contribution in [1.82, 2.24) is 9.80 Å². The molecule has 4 rings (SSSR count). The number of rotatable bonds is 3. The van der Waals surface area contributed by atoms with Crippen molar-refractivity contribution in [2.24, 2.45) is 9.98 Å². The van der Waals surface area contributed by atoms with E-state index >= 15 is 0 Å². The summed E-state index contributed by atoms with van der Waals surface area (Å²) in [5, 5.41) is 0. The predicted octanol–water partition coefficient (Wildman–Crippen LogP) is 9.77. The highest BCUT2D eigenvalue weighted by molar-refractivity contribution is 6.01. The Morgan fingerprint density at radius 1 is 0.644 bits per heavy atom. The molecule has 4 nitrogen and oxygen atoms in total. The number of aryl methyl sites for hydroxylation is 4. The predicted molar refractivity (Wildman–Crippen MR) is 155 cm³/mol. The summed E-state index contributed by atoms with van der Waals surface area (Å²) in [6.45, 7) is 8.72. The fraction of sp³-hybridized carbons (Fsp3) is 0.375. The Bertz CT molecular complexity index is 1580. The molecule has 13 heteroatoms. The van der Waals surface area contributed by atoms with Crippen LogP contribution >= 0.6 is 0 Å². The third kappa shape index (κ3) is 7.80. The number of alkyl halides is 9. The van der Waals surface area contributed by atoms with Gasteiger partial charge in [0.15, 0.2) is 0 Å². The first-order valence-corrected chi connectivity index (χ1v) is 13.9. The molecule has 1 aliphatic rings. The molecule has 1 aliphatic heterocycles. The van der Waals surface area contributed by atoms with Gasteiger partial charge in [0.05, 0.1) is 34.7 Å². The Kier molecular flexibility index (Phi) is 9.33. The lowest BCUT2D eigenvalue weighted by molar-refractivity contribution is -0.143. The van der Waals surface area contributed by atoms with Gasteiger partial charge in [-0.2, -0.15) is 39.5 Å². The van der Waals surface area contributed by atoms with Gasteiger partial charge in [-0.3, -0.25) is 0 Å². The van der Waals surface area contributed by atoms with Crippen LogP contribution in [-0.4, -0.2) is 41.2 Å². The molecule has 0 amide bonds. The second-order valence-electron chi connectivity index (χ2n) is 11.1. The van der Waals surface area contributed by atoms with Crippen LogP contribution in [0.4, 0.5) is 50.9 Å². The zero-order valence-electron chi connectivity index (χ0n) is 25.1. The molecular formula is C32H31F9N4. The van der Waals surface area contributed by atoms with Gasteiger partial charge in [0.2, 0.25) is 0 Å². The van der Waals surface area contributed by atoms with Crippen LogP contribution in [0.15, 0.2) is 58.5 Å². The Labute approximate surface area is 254 Å². The maximum atomic E-state index is 14.2. The summed E-state index contributed by atoms with van der Waals surface area (Å²) in [5.74, 6) is 0.0626. The highest BCUT2D eigenvalue weighted by Crippen LogP contribution is 2.41. The minimum atomic E-state index is -5.17. The summed E-state index contributed by atoms with van der Waals surface area (Å²) < 4.78 is 126. The Hall–Kier alpha value is -4.03. The highest BCUT2D eigenvalue weighted by atomic mass is 19.4. The van der Waals surface area contributed by atoms with Gasteiger partial charge in [0.25, 0.3) is 0 Å². The number of nitrogens with zero attached hydrogens (tertiary/aromatic N) is 4. The van der Waals surface area contributed by atoms with Gasteiger partial charge in [-0.05, 0) is 82.0 Å². The Morgan fingerprint density at radius 2 is 1.20 bits per heavy atom. The molecule has 0 atom stereocenters. The third-order valence-corrected chi connectivity index (χ3v) is 7.48. The van der Waals surface area contributed by atoms with Gasteiger partial charge in [-0.25, -0.2) is 9.98 Å². The molecule has 0 bridgehead atoms. The molecule has 3 aromatic carbocycles. The van der Waals surface area contributed by atoms with E-state index in [1.54, 1.807) is 11.8 Å². The van der Waals surface area contributed by atoms with Crippen molar-refractivity contribution in [2.45, 2.75) is 59.6 Å². The van der Waals surface area contributed by atoms with Crippen molar-refractivity contribution in [1.29, 1.82) is 0 Å². The van der Waals surface area contributed by atoms with Crippen LogP contribution < -0.4 is 0 Å². The zero-order valence-corrected chi connectivity index (χ0v) is 25.1. The van der Waals surface area contributed by atoms with Gasteiger partial charge in [0.1, 0.15) is 11.7 Å². The van der Waals surface area contributed by atoms with Gasteiger partial charge in [0, 0.05) is 18.7 Å². The van der Waals surface area contributed by atoms with Crippen LogP contribution in [0.2, 0.25) is 0 Å². The molecule has 242 valence electrons. The number of para-hydroxylation sites is 1. The monoisotopic (exact) mass is 642 g/mol. The number of hydrogen-bond donors (Lipinski definition) is 0. The number of aliphatic imine (C=N–C) groups is 2. The second kappa shape index (κ2) is 12.4. The van der Waals surface area contributed by atoms with Crippen LogP contribution in [0.1, 0.15) is 57.9 Å². The number of amidine groups is 2. The minimum absolute atomic E-state index is 0.0246. The molecule has 0 N–H and O–H groups in total. The molecule has 0 aliphatic carbocycles. The molecule has 0 aromatic heterocycles. The summed E-state index contributed by atoms with van der Waals surface area (Å²) >= 11 is 0. The van der Waals surface area contributed by atoms with Crippen LogP contribution in [0.5, 0.6) is 0 Å². The normalized spacial score (nSPS) is 15.6. The summed E-state index contributed by atoms with van der Waals surface area (Å²) in [7, 11) is 0. The van der Waals surface area contributed by atoms with Crippen molar-refractivity contribution >= 4 is 23.0 Å². The fourth-order valence-corrected chi connectivity index (χ4v) is 5.28. The molecule has 3 aromatic rings. The summed E-state index contributed by atoms with van der Waals surface area (Å²) in [4.78, 5) is 12.1. The smallest absolute Gasteiger partial charge is 0.342 e. The lowest BCUT2D eigenvalue weighted by Crippen LogP contribution is -2.49. The van der Waals surface area contributed by atoms with Gasteiger partial charge < -0.3 is 9.80 Å². The minimum Gasteiger partial charge on any atom is -0.342 e. The van der Waals surface area contributed by atoms with E-state index in [9.17, 15) is 39.5 Å². The van der Waals surface area contributed by atoms with E-state index in [4.69, 9.17) is 4.99 Å². The van der Waals surface area contributed by atoms with Gasteiger partial charge in [-0.1, -0.05) is 29.8 Å². The molecule has 1 fully saturated rings. The van der Waals surface area contributed by atoms with Crippen molar-refractivity contribution in [3.63, 3.8) is 0 Å². The van der Waals surface area contributed by atoms with E-state index < -0.39 is 52.3 Å². The molecule has 45 heavy (non-hydrogen) atoms. The van der Waals surface area contributed by atoms with E-state index in [0.717, 1.165) is 17.2 Å². The van der Waals surface area contributed by atoms with Crippen LogP contribution in [0.3, 0.4) is 0 Å². The molecule has 0 spiro atoms. The summed E-state index contributed by atoms with van der Waals surface area (Å²) in [5.41, 5.74) is -2.74. The van der Waals surface area contributed by atoms with E-state index in [1.165, 1.54) is 24.8 Å². The lowest BCUT2D eigenvalue weighted by Gasteiger charge is -2.39. The standard InChI is InChI=1S/C32H31F9N4/c1-18-12-21(4)28(26(13-18)32(39,40)41)43-29(23-14-24(30(33,34)35)16-25(15-23)31(36,37)38)45-11-7-10-44(17-45)22(5)42-27-19(2)8-6-9-20(27)3/h6,8-9,12-16H,7,10-11,17H2,1-5H3. The van der Waals surface area contributed by atoms with E-state index in [-0.39, 0.29) is 30.4 Å². The van der Waals surface area contributed by atoms with Crippen LogP contribution in [-0.2, 0) is 18.5 Å². The Morgan fingerprint density at radius 3 is 1.73 bits per heavy atom. The highest BCUT2D eigenvalue weighted by Gasteiger charge is 2.39. The first-order chi connectivity index (χ1) is 20.8. The largest absolute Gasteiger partial charge is 0.418 e. The number of hydrogen-bond acceptors (Lipinski definition) is 2. The SMILES string of the molecule is CC(=Nc1c(C)cccc1C)N1CCCN(C(=Nc2c(C)cc(C)cc2C(F)(F)F)c2cc(C(F)(F)F)cc(C(F)(F)F)c2)C1. The molecule has 1 saturated heterocycles. The van der Waals surface area contributed by atoms with Crippen molar-refractivity contribution < 1.29 is 39.5 Å². The first kappa shape index (κ1) is 33.9. The summed E-state index contributed by atoms with van der Waals surface area (Å²) in [6, 6.07) is 8.84. The van der Waals surface area contributed by atoms with Crippen molar-refractivity contribution in [3.05, 3.63) is 93.0 Å². The number of halogens is 9. The fourth-order valence-electron chi connectivity index (χ4n) is 5.28. The first-order valence-electron chi connectivity index (χ1n) is 13.9. The third-order valence-electron chi connectivity index (χ3n) is 7.48. The molecular weight excluding hydrogens is 611 g/mol. The van der Waals surface area contributed by atoms with E-state index in [1.807, 2.05) is 32.0 Å². The van der Waals surface area contributed by atoms with Crippen LogP contribution in [0, 0.1) is 27.7 Å². The maximum Gasteiger partial charge on any atom is 0.418 e. The maximum absolute atomic E-state index is 14.2. The molecule has 0 saturated carbocycles. The van der Waals surface area contributed by atoms with Gasteiger partial charge >= 0.3 is 18.5 Å². The zero-order chi connectivity index (χ0) is 33.5. The van der Waals surface area contributed by atoms with Crippen molar-refractivity contribution in [2.75, 3.05) is 19.8 Å². The average Bonchev–Trinajstić information content (AvgIpc) is 2.92.